The zero-order valence-corrected chi connectivity index (χ0v) is 13.7. The molecular formula is C16H16N2O5S. The van der Waals surface area contributed by atoms with Crippen LogP contribution in [0.3, 0.4) is 0 Å². The molecule has 1 N–H and O–H groups in total. The molecule has 0 fully saturated rings. The Bertz CT molecular complexity index is 870. The van der Waals surface area contributed by atoms with Gasteiger partial charge in [0.25, 0.3) is 5.69 Å². The predicted octanol–water partition coefficient (Wildman–Crippen LogP) is 2.19. The maximum atomic E-state index is 12.5. The first-order valence-corrected chi connectivity index (χ1v) is 8.85. The van der Waals surface area contributed by atoms with Gasteiger partial charge in [0, 0.05) is 19.0 Å². The van der Waals surface area contributed by atoms with Gasteiger partial charge >= 0.3 is 0 Å². The number of nitro groups is 1. The number of hydrogen-bond donors (Lipinski definition) is 1. The fraction of sp³-hybridized carbons (Fsp3) is 0.250. The van der Waals surface area contributed by atoms with Crippen molar-refractivity contribution in [3.05, 3.63) is 63.7 Å². The number of nitro benzene ring substituents is 1. The van der Waals surface area contributed by atoms with Gasteiger partial charge in [0.05, 0.1) is 4.92 Å². The molecule has 1 aliphatic heterocycles. The second kappa shape index (κ2) is 6.21. The minimum atomic E-state index is -4.01. The Kier molecular flexibility index (Phi) is 4.25. The van der Waals surface area contributed by atoms with Crippen molar-refractivity contribution in [1.29, 1.82) is 0 Å². The Morgan fingerprint density at radius 3 is 2.71 bits per heavy atom. The van der Waals surface area contributed by atoms with Crippen molar-refractivity contribution in [3.8, 4) is 5.75 Å². The topological polar surface area (TPSA) is 98.5 Å². The first-order valence-electron chi connectivity index (χ1n) is 7.37. The molecule has 0 amide bonds. The predicted molar refractivity (Wildman–Crippen MR) is 87.6 cm³/mol. The lowest BCUT2D eigenvalue weighted by molar-refractivity contribution is -0.387. The van der Waals surface area contributed by atoms with Crippen LogP contribution in [0.5, 0.6) is 5.75 Å². The minimum Gasteiger partial charge on any atom is -0.488 e. The van der Waals surface area contributed by atoms with Gasteiger partial charge in [-0.25, -0.2) is 13.1 Å². The van der Waals surface area contributed by atoms with E-state index in [4.69, 9.17) is 4.74 Å². The maximum absolute atomic E-state index is 12.5. The molecule has 0 saturated heterocycles. The average Bonchev–Trinajstić information content (AvgIpc) is 2.95. The third kappa shape index (κ3) is 3.10. The molecular weight excluding hydrogens is 332 g/mol. The standard InChI is InChI=1S/C16H16N2O5S/c1-11-5-4-7-14(18(19)20)16(11)24(21,22)17-10-13-9-12-6-2-3-8-15(12)23-13/h2-8,13,17H,9-10H2,1H3/t13-/m1/s1. The summed E-state index contributed by atoms with van der Waals surface area (Å²) in [5.74, 6) is 0.739. The molecule has 0 unspecified atom stereocenters. The van der Waals surface area contributed by atoms with E-state index in [1.807, 2.05) is 24.3 Å². The lowest BCUT2D eigenvalue weighted by Gasteiger charge is -2.13. The van der Waals surface area contributed by atoms with Crippen LogP contribution in [0.25, 0.3) is 0 Å². The molecule has 2 aromatic rings. The molecule has 8 heteroatoms. The summed E-state index contributed by atoms with van der Waals surface area (Å²) in [5, 5.41) is 11.1. The third-order valence-corrected chi connectivity index (χ3v) is 5.49. The number of aryl methyl sites for hydroxylation is 1. The maximum Gasteiger partial charge on any atom is 0.289 e. The number of sulfonamides is 1. The second-order valence-corrected chi connectivity index (χ2v) is 7.29. The molecule has 0 bridgehead atoms. The molecule has 1 atom stereocenters. The summed E-state index contributed by atoms with van der Waals surface area (Å²) in [6, 6.07) is 11.7. The summed E-state index contributed by atoms with van der Waals surface area (Å²) in [4.78, 5) is 10.1. The lowest BCUT2D eigenvalue weighted by atomic mass is 10.1. The molecule has 0 aromatic heterocycles. The van der Waals surface area contributed by atoms with Gasteiger partial charge in [0.2, 0.25) is 10.0 Å². The Balaban J connectivity index is 1.78. The minimum absolute atomic E-state index is 0.0441. The van der Waals surface area contributed by atoms with E-state index in [0.717, 1.165) is 11.3 Å². The van der Waals surface area contributed by atoms with Crippen molar-refractivity contribution in [2.45, 2.75) is 24.3 Å². The van der Waals surface area contributed by atoms with Crippen LogP contribution in [0, 0.1) is 17.0 Å². The first-order chi connectivity index (χ1) is 11.4. The van der Waals surface area contributed by atoms with Gasteiger partial charge in [-0.2, -0.15) is 0 Å². The summed E-state index contributed by atoms with van der Waals surface area (Å²) in [7, 11) is -4.01. The summed E-state index contributed by atoms with van der Waals surface area (Å²) < 4.78 is 33.2. The molecule has 126 valence electrons. The van der Waals surface area contributed by atoms with E-state index in [2.05, 4.69) is 4.72 Å². The number of fused-ring (bicyclic) bond motifs is 1. The molecule has 0 radical (unpaired) electrons. The number of rotatable bonds is 5. The number of benzene rings is 2. The molecule has 7 nitrogen and oxygen atoms in total. The van der Waals surface area contributed by atoms with Gasteiger partial charge < -0.3 is 4.74 Å². The van der Waals surface area contributed by atoms with Gasteiger partial charge in [-0.1, -0.05) is 30.3 Å². The van der Waals surface area contributed by atoms with Crippen LogP contribution in [0.15, 0.2) is 47.4 Å². The van der Waals surface area contributed by atoms with E-state index in [9.17, 15) is 18.5 Å². The molecule has 1 aliphatic rings. The highest BCUT2D eigenvalue weighted by molar-refractivity contribution is 7.89. The molecule has 1 heterocycles. The Labute approximate surface area is 139 Å². The number of nitrogens with one attached hydrogen (secondary N) is 1. The molecule has 24 heavy (non-hydrogen) atoms. The van der Waals surface area contributed by atoms with E-state index in [0.29, 0.717) is 12.0 Å². The van der Waals surface area contributed by atoms with Crippen LogP contribution in [0.1, 0.15) is 11.1 Å². The van der Waals surface area contributed by atoms with Crippen molar-refractivity contribution >= 4 is 15.7 Å². The fourth-order valence-electron chi connectivity index (χ4n) is 2.77. The van der Waals surface area contributed by atoms with Crippen molar-refractivity contribution in [2.24, 2.45) is 0 Å². The van der Waals surface area contributed by atoms with E-state index in [1.54, 1.807) is 0 Å². The summed E-state index contributed by atoms with van der Waals surface area (Å²) in [6.45, 7) is 1.58. The SMILES string of the molecule is Cc1cccc([N+](=O)[O-])c1S(=O)(=O)NC[C@H]1Cc2ccccc2O1. The smallest absolute Gasteiger partial charge is 0.289 e. The van der Waals surface area contributed by atoms with Crippen LogP contribution in [0.4, 0.5) is 5.69 Å². The highest BCUT2D eigenvalue weighted by Gasteiger charge is 2.30. The summed E-state index contributed by atoms with van der Waals surface area (Å²) in [5.41, 5.74) is 0.911. The second-order valence-electron chi connectivity index (χ2n) is 5.58. The quantitative estimate of drug-likeness (QED) is 0.660. The van der Waals surface area contributed by atoms with Crippen molar-refractivity contribution in [2.75, 3.05) is 6.54 Å². The largest absolute Gasteiger partial charge is 0.488 e. The van der Waals surface area contributed by atoms with Crippen LogP contribution < -0.4 is 9.46 Å². The molecule has 2 aromatic carbocycles. The van der Waals surface area contributed by atoms with Gasteiger partial charge in [-0.05, 0) is 24.1 Å². The van der Waals surface area contributed by atoms with Crippen molar-refractivity contribution < 1.29 is 18.1 Å². The molecule has 0 spiro atoms. The number of para-hydroxylation sites is 1. The van der Waals surface area contributed by atoms with Crippen LogP contribution in [0.2, 0.25) is 0 Å². The van der Waals surface area contributed by atoms with Crippen molar-refractivity contribution in [3.63, 3.8) is 0 Å². The van der Waals surface area contributed by atoms with Crippen LogP contribution in [-0.4, -0.2) is 26.0 Å². The average molecular weight is 348 g/mol. The third-order valence-electron chi connectivity index (χ3n) is 3.87. The van der Waals surface area contributed by atoms with E-state index in [-0.39, 0.29) is 17.5 Å². The normalized spacial score (nSPS) is 16.5. The molecule has 0 saturated carbocycles. The summed E-state index contributed by atoms with van der Waals surface area (Å²) in [6.07, 6.45) is 0.259. The Hall–Kier alpha value is -2.45. The number of nitrogens with zero attached hydrogens (tertiary/aromatic N) is 1. The Morgan fingerprint density at radius 1 is 1.25 bits per heavy atom. The number of ether oxygens (including phenoxy) is 1. The van der Waals surface area contributed by atoms with E-state index >= 15 is 0 Å². The van der Waals surface area contributed by atoms with Gasteiger partial charge in [0.1, 0.15) is 11.9 Å². The number of hydrogen-bond acceptors (Lipinski definition) is 5. The van der Waals surface area contributed by atoms with E-state index in [1.165, 1.54) is 25.1 Å². The summed E-state index contributed by atoms with van der Waals surface area (Å²) >= 11 is 0. The lowest BCUT2D eigenvalue weighted by Crippen LogP contribution is -2.35. The van der Waals surface area contributed by atoms with Crippen molar-refractivity contribution in [1.82, 2.24) is 4.72 Å². The van der Waals surface area contributed by atoms with Crippen LogP contribution >= 0.6 is 0 Å². The molecule has 3 rings (SSSR count). The molecule has 0 aliphatic carbocycles. The van der Waals surface area contributed by atoms with Gasteiger partial charge in [-0.3, -0.25) is 10.1 Å². The van der Waals surface area contributed by atoms with E-state index < -0.39 is 20.6 Å². The van der Waals surface area contributed by atoms with Gasteiger partial charge in [-0.15, -0.1) is 0 Å². The zero-order valence-electron chi connectivity index (χ0n) is 12.9. The fourth-order valence-corrected chi connectivity index (χ4v) is 4.23. The highest BCUT2D eigenvalue weighted by atomic mass is 32.2. The van der Waals surface area contributed by atoms with Crippen LogP contribution in [-0.2, 0) is 16.4 Å². The Morgan fingerprint density at radius 2 is 2.00 bits per heavy atom. The zero-order chi connectivity index (χ0) is 17.3. The highest BCUT2D eigenvalue weighted by Crippen LogP contribution is 2.29. The monoisotopic (exact) mass is 348 g/mol. The van der Waals surface area contributed by atoms with Gasteiger partial charge in [0.15, 0.2) is 4.90 Å². The first kappa shape index (κ1) is 16.4.